The minimum Gasteiger partial charge on any atom is -0.495 e. The molecule has 1 aliphatic heterocycles. The van der Waals surface area contributed by atoms with Crippen LogP contribution >= 0.6 is 0 Å². The molecule has 1 saturated carbocycles. The Bertz CT molecular complexity index is 840. The van der Waals surface area contributed by atoms with E-state index in [0.29, 0.717) is 23.9 Å². The van der Waals surface area contributed by atoms with Crippen molar-refractivity contribution in [2.24, 2.45) is 5.92 Å². The van der Waals surface area contributed by atoms with Gasteiger partial charge in [0, 0.05) is 25.3 Å². The van der Waals surface area contributed by atoms with Crippen molar-refractivity contribution in [1.82, 2.24) is 25.8 Å². The van der Waals surface area contributed by atoms with Crippen LogP contribution in [0.25, 0.3) is 0 Å². The lowest BCUT2D eigenvalue weighted by Crippen LogP contribution is -2.47. The van der Waals surface area contributed by atoms with Crippen molar-refractivity contribution < 1.29 is 9.53 Å². The van der Waals surface area contributed by atoms with Crippen LogP contribution in [0.2, 0.25) is 0 Å². The Morgan fingerprint density at radius 1 is 1.20 bits per heavy atom. The zero-order chi connectivity index (χ0) is 20.8. The topological polar surface area (TPSA) is 92.3 Å². The van der Waals surface area contributed by atoms with E-state index < -0.39 is 0 Å². The molecule has 0 bridgehead atoms. The first-order valence-corrected chi connectivity index (χ1v) is 10.8. The number of pyridine rings is 1. The molecule has 3 heterocycles. The molecule has 30 heavy (non-hydrogen) atoms. The number of hydrogen-bond donors (Lipinski definition) is 2. The second kappa shape index (κ2) is 9.84. The van der Waals surface area contributed by atoms with Crippen molar-refractivity contribution in [2.45, 2.75) is 44.7 Å². The lowest BCUT2D eigenvalue weighted by atomic mass is 9.85. The average molecular weight is 411 g/mol. The molecule has 2 fully saturated rings. The van der Waals surface area contributed by atoms with Gasteiger partial charge in [-0.1, -0.05) is 6.42 Å². The summed E-state index contributed by atoms with van der Waals surface area (Å²) in [5, 5.41) is 15.3. The van der Waals surface area contributed by atoms with Crippen LogP contribution in [0, 0.1) is 5.92 Å². The fraction of sp³-hybridized carbons (Fsp3) is 0.545. The number of aromatic nitrogens is 3. The molecule has 160 valence electrons. The Morgan fingerprint density at radius 2 is 2.10 bits per heavy atom. The minimum absolute atomic E-state index is 0.219. The van der Waals surface area contributed by atoms with Gasteiger partial charge in [-0.25, -0.2) is 0 Å². The number of rotatable bonds is 8. The van der Waals surface area contributed by atoms with Gasteiger partial charge in [-0.3, -0.25) is 9.78 Å². The van der Waals surface area contributed by atoms with Crippen molar-refractivity contribution in [3.05, 3.63) is 41.9 Å². The third kappa shape index (κ3) is 5.24. The summed E-state index contributed by atoms with van der Waals surface area (Å²) < 4.78 is 5.11. The maximum Gasteiger partial charge on any atom is 0.253 e. The quantitative estimate of drug-likeness (QED) is 0.689. The predicted octanol–water partition coefficient (Wildman–Crippen LogP) is 2.17. The third-order valence-electron chi connectivity index (χ3n) is 6.01. The largest absolute Gasteiger partial charge is 0.495 e. The lowest BCUT2D eigenvalue weighted by Gasteiger charge is -2.35. The molecule has 2 N–H and O–H groups in total. The number of piperidine rings is 1. The van der Waals surface area contributed by atoms with Crippen molar-refractivity contribution in [3.63, 3.8) is 0 Å². The van der Waals surface area contributed by atoms with Gasteiger partial charge in [-0.15, -0.1) is 5.10 Å². The molecule has 2 aliphatic rings. The highest BCUT2D eigenvalue weighted by Gasteiger charge is 2.23. The van der Waals surface area contributed by atoms with Crippen LogP contribution in [0.15, 0.2) is 30.6 Å². The van der Waals surface area contributed by atoms with Crippen molar-refractivity contribution in [1.29, 1.82) is 0 Å². The summed E-state index contributed by atoms with van der Waals surface area (Å²) in [6, 6.07) is 6.10. The average Bonchev–Trinajstić information content (AvgIpc) is 2.77. The van der Waals surface area contributed by atoms with Gasteiger partial charge in [0.15, 0.2) is 5.82 Å². The molecule has 0 unspecified atom stereocenters. The summed E-state index contributed by atoms with van der Waals surface area (Å²) in [5.74, 6) is 2.11. The summed E-state index contributed by atoms with van der Waals surface area (Å²) in [4.78, 5) is 18.6. The van der Waals surface area contributed by atoms with Gasteiger partial charge in [0.05, 0.1) is 31.1 Å². The van der Waals surface area contributed by atoms with Crippen LogP contribution < -0.4 is 20.3 Å². The Balaban J connectivity index is 1.27. The van der Waals surface area contributed by atoms with E-state index in [2.05, 4.69) is 30.7 Å². The van der Waals surface area contributed by atoms with E-state index in [0.717, 1.165) is 43.5 Å². The van der Waals surface area contributed by atoms with E-state index >= 15 is 0 Å². The van der Waals surface area contributed by atoms with Gasteiger partial charge in [0.25, 0.3) is 5.91 Å². The second-order valence-electron chi connectivity index (χ2n) is 8.17. The van der Waals surface area contributed by atoms with Gasteiger partial charge in [-0.2, -0.15) is 5.10 Å². The fourth-order valence-electron chi connectivity index (χ4n) is 3.93. The number of carbonyl (C=O) groups is 1. The predicted molar refractivity (Wildman–Crippen MR) is 115 cm³/mol. The fourth-order valence-corrected chi connectivity index (χ4v) is 3.93. The van der Waals surface area contributed by atoms with E-state index in [1.807, 2.05) is 12.1 Å². The van der Waals surface area contributed by atoms with Crippen molar-refractivity contribution in [2.75, 3.05) is 31.6 Å². The molecule has 0 spiro atoms. The summed E-state index contributed by atoms with van der Waals surface area (Å²) in [5.41, 5.74) is 1.17. The zero-order valence-corrected chi connectivity index (χ0v) is 17.5. The number of hydrogen-bond acceptors (Lipinski definition) is 7. The maximum atomic E-state index is 12.3. The molecule has 1 amide bonds. The van der Waals surface area contributed by atoms with Crippen LogP contribution in [0.5, 0.6) is 5.75 Å². The van der Waals surface area contributed by atoms with Gasteiger partial charge in [-0.05, 0) is 56.3 Å². The molecular formula is C22H30N6O2. The first kappa shape index (κ1) is 20.5. The molecule has 8 nitrogen and oxygen atoms in total. The van der Waals surface area contributed by atoms with Crippen LogP contribution in [-0.4, -0.2) is 53.9 Å². The summed E-state index contributed by atoms with van der Waals surface area (Å²) in [7, 11) is 1.55. The van der Waals surface area contributed by atoms with Crippen LogP contribution in [0.1, 0.15) is 48.2 Å². The minimum atomic E-state index is -0.219. The Kier molecular flexibility index (Phi) is 6.74. The highest BCUT2D eigenvalue weighted by Crippen LogP contribution is 2.26. The number of ether oxygens (including phenoxy) is 1. The van der Waals surface area contributed by atoms with E-state index in [4.69, 9.17) is 4.74 Å². The summed E-state index contributed by atoms with van der Waals surface area (Å²) in [6.45, 7) is 3.44. The Labute approximate surface area is 177 Å². The normalized spacial score (nSPS) is 19.2. The summed E-state index contributed by atoms with van der Waals surface area (Å²) in [6.07, 6.45) is 9.61. The maximum absolute atomic E-state index is 12.3. The number of nitrogens with zero attached hydrogens (tertiary/aromatic N) is 4. The Morgan fingerprint density at radius 3 is 2.83 bits per heavy atom. The highest BCUT2D eigenvalue weighted by molar-refractivity contribution is 5.94. The molecule has 0 aromatic carbocycles. The monoisotopic (exact) mass is 410 g/mol. The number of nitrogens with one attached hydrogen (secondary N) is 2. The molecule has 8 heteroatoms. The molecular weight excluding hydrogens is 380 g/mol. The van der Waals surface area contributed by atoms with Crippen LogP contribution in [0.4, 0.5) is 5.82 Å². The number of amides is 1. The molecule has 1 aliphatic carbocycles. The van der Waals surface area contributed by atoms with E-state index in [-0.39, 0.29) is 5.91 Å². The number of carbonyl (C=O) groups excluding carboxylic acids is 1. The van der Waals surface area contributed by atoms with Crippen molar-refractivity contribution >= 4 is 11.7 Å². The van der Waals surface area contributed by atoms with E-state index in [1.54, 1.807) is 19.4 Å². The molecule has 0 radical (unpaired) electrons. The van der Waals surface area contributed by atoms with Crippen LogP contribution in [0.3, 0.4) is 0 Å². The van der Waals surface area contributed by atoms with Gasteiger partial charge in [0.2, 0.25) is 0 Å². The second-order valence-corrected chi connectivity index (χ2v) is 8.17. The zero-order valence-electron chi connectivity index (χ0n) is 17.5. The molecule has 4 rings (SSSR count). The summed E-state index contributed by atoms with van der Waals surface area (Å²) >= 11 is 0. The van der Waals surface area contributed by atoms with Gasteiger partial charge < -0.3 is 20.3 Å². The Hall–Kier alpha value is -2.74. The number of anilines is 1. The molecule has 2 aromatic rings. The van der Waals surface area contributed by atoms with E-state index in [1.165, 1.54) is 31.9 Å². The number of methoxy groups -OCH3 is 1. The highest BCUT2D eigenvalue weighted by atomic mass is 16.5. The van der Waals surface area contributed by atoms with Crippen LogP contribution in [-0.2, 0) is 6.54 Å². The standard InChI is InChI=1S/C22H30N6O2/c1-30-20-10-17(12-23-14-20)22(29)25-13-18-7-8-21(27-26-18)28-9-3-6-19(15-28)24-11-16-4-2-5-16/h7-8,10,12,14,16,19,24H,2-6,9,11,13,15H2,1H3,(H,25,29)/t19-/m1/s1. The molecule has 1 saturated heterocycles. The third-order valence-corrected chi connectivity index (χ3v) is 6.01. The van der Waals surface area contributed by atoms with Gasteiger partial charge >= 0.3 is 0 Å². The SMILES string of the molecule is COc1cncc(C(=O)NCc2ccc(N3CCC[C@@H](NCC4CCC4)C3)nn2)c1. The first-order valence-electron chi connectivity index (χ1n) is 10.8. The molecule has 1 atom stereocenters. The van der Waals surface area contributed by atoms with E-state index in [9.17, 15) is 4.79 Å². The first-order chi connectivity index (χ1) is 14.7. The molecule has 2 aromatic heterocycles. The van der Waals surface area contributed by atoms with Crippen molar-refractivity contribution in [3.8, 4) is 5.75 Å². The van der Waals surface area contributed by atoms with Gasteiger partial charge in [0.1, 0.15) is 5.75 Å². The lowest BCUT2D eigenvalue weighted by molar-refractivity contribution is 0.0949. The smallest absolute Gasteiger partial charge is 0.253 e.